The van der Waals surface area contributed by atoms with Gasteiger partial charge in [0.15, 0.2) is 0 Å². The van der Waals surface area contributed by atoms with Crippen LogP contribution in [-0.4, -0.2) is 36.7 Å². The van der Waals surface area contributed by atoms with Crippen LogP contribution in [-0.2, 0) is 4.74 Å². The van der Waals surface area contributed by atoms with Gasteiger partial charge in [-0.1, -0.05) is 42.6 Å². The molecule has 110 valence electrons. The second kappa shape index (κ2) is 6.44. The van der Waals surface area contributed by atoms with Crippen molar-refractivity contribution in [3.05, 3.63) is 34.9 Å². The Morgan fingerprint density at radius 1 is 1.30 bits per heavy atom. The van der Waals surface area contributed by atoms with Crippen molar-refractivity contribution in [3.63, 3.8) is 0 Å². The third kappa shape index (κ3) is 2.73. The predicted molar refractivity (Wildman–Crippen MR) is 81.9 cm³/mol. The first kappa shape index (κ1) is 14.3. The maximum atomic E-state index is 6.38. The van der Waals surface area contributed by atoms with Crippen molar-refractivity contribution < 1.29 is 4.74 Å². The van der Waals surface area contributed by atoms with Crippen LogP contribution in [0, 0.1) is 0 Å². The summed E-state index contributed by atoms with van der Waals surface area (Å²) in [4.78, 5) is 2.54. The maximum Gasteiger partial charge on any atom is 0.0731 e. The first-order chi connectivity index (χ1) is 9.81. The smallest absolute Gasteiger partial charge is 0.0731 e. The molecule has 1 saturated carbocycles. The molecular formula is C16H23ClN2O. The molecule has 0 radical (unpaired) electrons. The second-order valence-corrected chi connectivity index (χ2v) is 6.18. The molecule has 3 atom stereocenters. The minimum atomic E-state index is 0.207. The summed E-state index contributed by atoms with van der Waals surface area (Å²) >= 11 is 6.38. The van der Waals surface area contributed by atoms with Crippen LogP contribution in [0.5, 0.6) is 0 Å². The van der Waals surface area contributed by atoms with Gasteiger partial charge in [-0.25, -0.2) is 0 Å². The van der Waals surface area contributed by atoms with Crippen LogP contribution in [0.25, 0.3) is 0 Å². The Morgan fingerprint density at radius 3 is 2.90 bits per heavy atom. The van der Waals surface area contributed by atoms with E-state index in [9.17, 15) is 0 Å². The number of nitrogens with two attached hydrogens (primary N) is 1. The van der Waals surface area contributed by atoms with Gasteiger partial charge >= 0.3 is 0 Å². The van der Waals surface area contributed by atoms with Gasteiger partial charge in [-0.05, 0) is 24.5 Å². The number of nitrogens with zero attached hydrogens (tertiary/aromatic N) is 1. The number of rotatable bonds is 3. The molecule has 2 N–H and O–H groups in total. The number of fused-ring (bicyclic) bond motifs is 1. The van der Waals surface area contributed by atoms with E-state index in [1.165, 1.54) is 25.7 Å². The molecule has 0 amide bonds. The van der Waals surface area contributed by atoms with Crippen molar-refractivity contribution in [2.75, 3.05) is 19.7 Å². The first-order valence-electron chi connectivity index (χ1n) is 7.63. The van der Waals surface area contributed by atoms with Crippen LogP contribution in [0.2, 0.25) is 5.02 Å². The quantitative estimate of drug-likeness (QED) is 0.931. The van der Waals surface area contributed by atoms with E-state index in [4.69, 9.17) is 22.1 Å². The molecule has 20 heavy (non-hydrogen) atoms. The zero-order chi connectivity index (χ0) is 13.9. The molecular weight excluding hydrogens is 272 g/mol. The molecule has 1 aliphatic heterocycles. The minimum Gasteiger partial charge on any atom is -0.375 e. The van der Waals surface area contributed by atoms with Gasteiger partial charge in [-0.15, -0.1) is 0 Å². The summed E-state index contributed by atoms with van der Waals surface area (Å²) < 4.78 is 5.96. The van der Waals surface area contributed by atoms with Gasteiger partial charge < -0.3 is 10.5 Å². The molecule has 0 aromatic heterocycles. The molecule has 1 aromatic carbocycles. The summed E-state index contributed by atoms with van der Waals surface area (Å²) in [6.07, 6.45) is 5.36. The molecule has 2 fully saturated rings. The van der Waals surface area contributed by atoms with Gasteiger partial charge in [0, 0.05) is 30.2 Å². The molecule has 2 aliphatic rings. The molecule has 3 rings (SSSR count). The Balaban J connectivity index is 1.86. The van der Waals surface area contributed by atoms with Gasteiger partial charge in [-0.3, -0.25) is 4.90 Å². The Kier molecular flexibility index (Phi) is 4.61. The Morgan fingerprint density at radius 2 is 2.10 bits per heavy atom. The van der Waals surface area contributed by atoms with Crippen molar-refractivity contribution in [3.8, 4) is 0 Å². The van der Waals surface area contributed by atoms with Crippen LogP contribution in [0.4, 0.5) is 0 Å². The number of hydrogen-bond acceptors (Lipinski definition) is 3. The highest BCUT2D eigenvalue weighted by Crippen LogP contribution is 2.35. The van der Waals surface area contributed by atoms with E-state index in [2.05, 4.69) is 11.0 Å². The highest BCUT2D eigenvalue weighted by molar-refractivity contribution is 6.31. The standard InChI is InChI=1S/C16H23ClN2O/c17-13-6-2-1-5-12(13)15(11-18)19-9-10-20-16-8-4-3-7-14(16)19/h1-2,5-6,14-16H,3-4,7-11,18H2. The number of halogens is 1. The average Bonchev–Trinajstić information content (AvgIpc) is 2.50. The SMILES string of the molecule is NCC(c1ccccc1Cl)N1CCOC2CCCCC21. The lowest BCUT2D eigenvalue weighted by Crippen LogP contribution is -2.54. The molecule has 1 aromatic rings. The zero-order valence-corrected chi connectivity index (χ0v) is 12.6. The zero-order valence-electron chi connectivity index (χ0n) is 11.8. The summed E-state index contributed by atoms with van der Waals surface area (Å²) in [7, 11) is 0. The average molecular weight is 295 g/mol. The first-order valence-corrected chi connectivity index (χ1v) is 8.01. The van der Waals surface area contributed by atoms with E-state index in [1.807, 2.05) is 18.2 Å². The summed E-state index contributed by atoms with van der Waals surface area (Å²) in [6, 6.07) is 8.79. The summed E-state index contributed by atoms with van der Waals surface area (Å²) in [5.41, 5.74) is 7.24. The molecule has 1 saturated heterocycles. The molecule has 3 nitrogen and oxygen atoms in total. The third-order valence-corrected chi connectivity index (χ3v) is 5.01. The topological polar surface area (TPSA) is 38.5 Å². The monoisotopic (exact) mass is 294 g/mol. The van der Waals surface area contributed by atoms with Crippen molar-refractivity contribution in [1.82, 2.24) is 4.90 Å². The van der Waals surface area contributed by atoms with Crippen molar-refractivity contribution in [2.24, 2.45) is 5.73 Å². The van der Waals surface area contributed by atoms with Gasteiger partial charge in [0.05, 0.1) is 12.7 Å². The summed E-state index contributed by atoms with van der Waals surface area (Å²) in [5, 5.41) is 0.821. The Hall–Kier alpha value is -0.610. The van der Waals surface area contributed by atoms with Crippen LogP contribution < -0.4 is 5.73 Å². The van der Waals surface area contributed by atoms with E-state index in [-0.39, 0.29) is 6.04 Å². The van der Waals surface area contributed by atoms with E-state index >= 15 is 0 Å². The fourth-order valence-corrected chi connectivity index (χ4v) is 3.96. The fraction of sp³-hybridized carbons (Fsp3) is 0.625. The van der Waals surface area contributed by atoms with Crippen LogP contribution in [0.3, 0.4) is 0 Å². The van der Waals surface area contributed by atoms with E-state index in [1.54, 1.807) is 0 Å². The number of ether oxygens (including phenoxy) is 1. The van der Waals surface area contributed by atoms with Crippen LogP contribution in [0.15, 0.2) is 24.3 Å². The Bertz CT molecular complexity index is 452. The van der Waals surface area contributed by atoms with E-state index in [0.717, 1.165) is 23.7 Å². The van der Waals surface area contributed by atoms with Crippen molar-refractivity contribution in [2.45, 2.75) is 43.9 Å². The van der Waals surface area contributed by atoms with Crippen LogP contribution >= 0.6 is 11.6 Å². The lowest BCUT2D eigenvalue weighted by Gasteiger charge is -2.47. The van der Waals surface area contributed by atoms with E-state index in [0.29, 0.717) is 18.7 Å². The molecule has 1 aliphatic carbocycles. The van der Waals surface area contributed by atoms with Crippen molar-refractivity contribution in [1.29, 1.82) is 0 Å². The maximum absolute atomic E-state index is 6.38. The van der Waals surface area contributed by atoms with Gasteiger partial charge in [0.25, 0.3) is 0 Å². The molecule has 1 heterocycles. The highest BCUT2D eigenvalue weighted by atomic mass is 35.5. The number of morpholine rings is 1. The lowest BCUT2D eigenvalue weighted by atomic mass is 9.88. The molecule has 4 heteroatoms. The molecule has 0 spiro atoms. The highest BCUT2D eigenvalue weighted by Gasteiger charge is 2.37. The second-order valence-electron chi connectivity index (χ2n) is 5.77. The van der Waals surface area contributed by atoms with Gasteiger partial charge in [0.1, 0.15) is 0 Å². The summed E-state index contributed by atoms with van der Waals surface area (Å²) in [6.45, 7) is 2.36. The Labute approximate surface area is 126 Å². The van der Waals surface area contributed by atoms with E-state index < -0.39 is 0 Å². The predicted octanol–water partition coefficient (Wildman–Crippen LogP) is 2.98. The van der Waals surface area contributed by atoms with Crippen LogP contribution in [0.1, 0.15) is 37.3 Å². The summed E-state index contributed by atoms with van der Waals surface area (Å²) in [5.74, 6) is 0. The van der Waals surface area contributed by atoms with Gasteiger partial charge in [-0.2, -0.15) is 0 Å². The lowest BCUT2D eigenvalue weighted by molar-refractivity contribution is -0.102. The largest absolute Gasteiger partial charge is 0.375 e. The van der Waals surface area contributed by atoms with Gasteiger partial charge in [0.2, 0.25) is 0 Å². The number of hydrogen-bond donors (Lipinski definition) is 1. The third-order valence-electron chi connectivity index (χ3n) is 4.66. The molecule has 0 bridgehead atoms. The fourth-order valence-electron chi connectivity index (χ4n) is 3.70. The van der Waals surface area contributed by atoms with Crippen molar-refractivity contribution >= 4 is 11.6 Å². The normalized spacial score (nSPS) is 28.9. The molecule has 3 unspecified atom stereocenters. The minimum absolute atomic E-state index is 0.207. The number of benzene rings is 1.